The lowest BCUT2D eigenvalue weighted by molar-refractivity contribution is 0.0949. The highest BCUT2D eigenvalue weighted by molar-refractivity contribution is 6.29. The Morgan fingerprint density at radius 1 is 1.47 bits per heavy atom. The number of nitrogens with one attached hydrogen (secondary N) is 2. The van der Waals surface area contributed by atoms with Gasteiger partial charge in [0.2, 0.25) is 0 Å². The predicted octanol–water partition coefficient (Wildman–Crippen LogP) is 1.44. The number of carbonyl (C=O) groups excluding carboxylic acids is 1. The van der Waals surface area contributed by atoms with E-state index in [2.05, 4.69) is 20.6 Å². The van der Waals surface area contributed by atoms with Gasteiger partial charge in [0.05, 0.1) is 6.54 Å². The number of pyridine rings is 1. The minimum absolute atomic E-state index is 0.219. The summed E-state index contributed by atoms with van der Waals surface area (Å²) in [6.07, 6.45) is 3.51. The third-order valence-corrected chi connectivity index (χ3v) is 2.83. The topological polar surface area (TPSA) is 71.8 Å². The minimum atomic E-state index is -0.219. The number of rotatable bonds is 4. The number of hydrogen-bond acceptors (Lipinski definition) is 4. The normalized spacial score (nSPS) is 10.3. The molecule has 2 aromatic heterocycles. The van der Waals surface area contributed by atoms with Gasteiger partial charge >= 0.3 is 0 Å². The second-order valence-electron chi connectivity index (χ2n) is 3.95. The first-order valence-electron chi connectivity index (χ1n) is 5.70. The average molecular weight is 280 g/mol. The van der Waals surface area contributed by atoms with Gasteiger partial charge in [0.15, 0.2) is 0 Å². The maximum Gasteiger partial charge on any atom is 0.251 e. The van der Waals surface area contributed by atoms with Gasteiger partial charge in [-0.15, -0.1) is 0 Å². The van der Waals surface area contributed by atoms with Gasteiger partial charge in [-0.1, -0.05) is 11.6 Å². The van der Waals surface area contributed by atoms with Crippen LogP contribution in [-0.2, 0) is 13.6 Å². The first kappa shape index (κ1) is 13.4. The molecule has 1 amide bonds. The molecule has 6 nitrogen and oxygen atoms in total. The van der Waals surface area contributed by atoms with Crippen LogP contribution in [0, 0.1) is 0 Å². The van der Waals surface area contributed by atoms with Crippen LogP contribution in [0.5, 0.6) is 0 Å². The average Bonchev–Trinajstić information content (AvgIpc) is 2.80. The highest BCUT2D eigenvalue weighted by Gasteiger charge is 2.09. The van der Waals surface area contributed by atoms with Crippen LogP contribution in [0.2, 0.25) is 5.15 Å². The van der Waals surface area contributed by atoms with E-state index in [0.29, 0.717) is 17.9 Å². The van der Waals surface area contributed by atoms with Crippen molar-refractivity contribution < 1.29 is 4.79 Å². The summed E-state index contributed by atoms with van der Waals surface area (Å²) in [4.78, 5) is 20.2. The van der Waals surface area contributed by atoms with E-state index in [4.69, 9.17) is 11.6 Å². The van der Waals surface area contributed by atoms with Gasteiger partial charge in [-0.3, -0.25) is 4.79 Å². The lowest BCUT2D eigenvalue weighted by Crippen LogP contribution is -2.24. The Hall–Kier alpha value is -2.08. The van der Waals surface area contributed by atoms with Crippen LogP contribution in [-0.4, -0.2) is 27.5 Å². The lowest BCUT2D eigenvalue weighted by Gasteiger charge is -2.07. The van der Waals surface area contributed by atoms with Crippen molar-refractivity contribution in [3.05, 3.63) is 41.1 Å². The maximum atomic E-state index is 12.0. The fourth-order valence-electron chi connectivity index (χ4n) is 1.58. The van der Waals surface area contributed by atoms with Gasteiger partial charge in [0.25, 0.3) is 5.91 Å². The molecular formula is C12H14ClN5O. The molecule has 0 saturated carbocycles. The maximum absolute atomic E-state index is 12.0. The van der Waals surface area contributed by atoms with Crippen molar-refractivity contribution in [2.45, 2.75) is 6.54 Å². The zero-order valence-corrected chi connectivity index (χ0v) is 11.4. The van der Waals surface area contributed by atoms with Gasteiger partial charge < -0.3 is 15.2 Å². The summed E-state index contributed by atoms with van der Waals surface area (Å²) in [5.74, 6) is 1.11. The summed E-state index contributed by atoms with van der Waals surface area (Å²) in [6, 6.07) is 3.16. The van der Waals surface area contributed by atoms with E-state index >= 15 is 0 Å². The minimum Gasteiger partial charge on any atom is -0.373 e. The largest absolute Gasteiger partial charge is 0.373 e. The molecule has 0 aromatic carbocycles. The highest BCUT2D eigenvalue weighted by Crippen LogP contribution is 2.14. The number of nitrogens with zero attached hydrogens (tertiary/aromatic N) is 3. The molecule has 2 rings (SSSR count). The van der Waals surface area contributed by atoms with Crippen molar-refractivity contribution in [2.75, 3.05) is 12.4 Å². The molecule has 2 aromatic rings. The molecule has 2 N–H and O–H groups in total. The van der Waals surface area contributed by atoms with E-state index in [1.54, 1.807) is 19.3 Å². The number of anilines is 1. The first-order valence-corrected chi connectivity index (χ1v) is 6.07. The number of hydrogen-bond donors (Lipinski definition) is 2. The summed E-state index contributed by atoms with van der Waals surface area (Å²) in [7, 11) is 3.59. The second-order valence-corrected chi connectivity index (χ2v) is 4.34. The number of imidazole rings is 1. The standard InChI is InChI=1S/C12H14ClN5O/c1-14-10-6-8(5-9(13)17-10)12(19)16-7-11-15-3-4-18(11)2/h3-6H,7H2,1-2H3,(H,14,17)(H,16,19). The van der Waals surface area contributed by atoms with Crippen molar-refractivity contribution in [1.29, 1.82) is 0 Å². The van der Waals surface area contributed by atoms with E-state index in [1.807, 2.05) is 17.8 Å². The molecule has 100 valence electrons. The zero-order chi connectivity index (χ0) is 13.8. The second kappa shape index (κ2) is 5.71. The van der Waals surface area contributed by atoms with Crippen molar-refractivity contribution >= 4 is 23.3 Å². The molecule has 0 aliphatic carbocycles. The van der Waals surface area contributed by atoms with Crippen LogP contribution >= 0.6 is 11.6 Å². The van der Waals surface area contributed by atoms with Crippen LogP contribution in [0.15, 0.2) is 24.5 Å². The molecular weight excluding hydrogens is 266 g/mol. The Labute approximate surface area is 115 Å². The summed E-state index contributed by atoms with van der Waals surface area (Å²) in [5, 5.41) is 5.91. The van der Waals surface area contributed by atoms with Crippen LogP contribution in [0.1, 0.15) is 16.2 Å². The van der Waals surface area contributed by atoms with E-state index in [9.17, 15) is 4.79 Å². The monoisotopic (exact) mass is 279 g/mol. The van der Waals surface area contributed by atoms with Gasteiger partial charge in [0.1, 0.15) is 16.8 Å². The molecule has 0 spiro atoms. The molecule has 0 aliphatic heterocycles. The highest BCUT2D eigenvalue weighted by atomic mass is 35.5. The smallest absolute Gasteiger partial charge is 0.251 e. The Morgan fingerprint density at radius 3 is 2.89 bits per heavy atom. The van der Waals surface area contributed by atoms with E-state index < -0.39 is 0 Å². The number of amides is 1. The summed E-state index contributed by atoms with van der Waals surface area (Å²) < 4.78 is 1.85. The Balaban J connectivity index is 2.08. The predicted molar refractivity (Wildman–Crippen MR) is 73.2 cm³/mol. The van der Waals surface area contributed by atoms with Crippen molar-refractivity contribution in [3.8, 4) is 0 Å². The van der Waals surface area contributed by atoms with Gasteiger partial charge in [0, 0.05) is 32.1 Å². The SMILES string of the molecule is CNc1cc(C(=O)NCc2nccn2C)cc(Cl)n1. The molecule has 19 heavy (non-hydrogen) atoms. The summed E-state index contributed by atoms with van der Waals surface area (Å²) >= 11 is 5.85. The van der Waals surface area contributed by atoms with Crippen molar-refractivity contribution in [1.82, 2.24) is 19.9 Å². The summed E-state index contributed by atoms with van der Waals surface area (Å²) in [6.45, 7) is 0.358. The molecule has 0 aliphatic rings. The molecule has 0 atom stereocenters. The molecule has 0 unspecified atom stereocenters. The van der Waals surface area contributed by atoms with Crippen LogP contribution in [0.3, 0.4) is 0 Å². The van der Waals surface area contributed by atoms with Gasteiger partial charge in [-0.2, -0.15) is 0 Å². The Kier molecular flexibility index (Phi) is 4.01. The van der Waals surface area contributed by atoms with E-state index in [0.717, 1.165) is 5.82 Å². The van der Waals surface area contributed by atoms with E-state index in [1.165, 1.54) is 6.07 Å². The third-order valence-electron chi connectivity index (χ3n) is 2.64. The summed E-state index contributed by atoms with van der Waals surface area (Å²) in [5.41, 5.74) is 0.457. The Morgan fingerprint density at radius 2 is 2.26 bits per heavy atom. The third kappa shape index (κ3) is 3.23. The van der Waals surface area contributed by atoms with Crippen LogP contribution in [0.25, 0.3) is 0 Å². The molecule has 0 fully saturated rings. The van der Waals surface area contributed by atoms with Crippen LogP contribution in [0.4, 0.5) is 5.82 Å². The first-order chi connectivity index (χ1) is 9.10. The lowest BCUT2D eigenvalue weighted by atomic mass is 10.2. The fourth-order valence-corrected chi connectivity index (χ4v) is 1.79. The number of halogens is 1. The number of aryl methyl sites for hydroxylation is 1. The quantitative estimate of drug-likeness (QED) is 0.831. The molecule has 0 bridgehead atoms. The molecule has 0 radical (unpaired) electrons. The van der Waals surface area contributed by atoms with Crippen molar-refractivity contribution in [3.63, 3.8) is 0 Å². The zero-order valence-electron chi connectivity index (χ0n) is 10.6. The molecule has 0 saturated heterocycles. The number of aromatic nitrogens is 3. The fraction of sp³-hybridized carbons (Fsp3) is 0.250. The number of carbonyl (C=O) groups is 1. The van der Waals surface area contributed by atoms with Crippen molar-refractivity contribution in [2.24, 2.45) is 7.05 Å². The van der Waals surface area contributed by atoms with E-state index in [-0.39, 0.29) is 11.1 Å². The molecule has 2 heterocycles. The van der Waals surface area contributed by atoms with Gasteiger partial charge in [-0.05, 0) is 12.1 Å². The Bertz CT molecular complexity index is 596. The van der Waals surface area contributed by atoms with Gasteiger partial charge in [-0.25, -0.2) is 9.97 Å². The van der Waals surface area contributed by atoms with Crippen LogP contribution < -0.4 is 10.6 Å². The molecule has 7 heteroatoms.